The summed E-state index contributed by atoms with van der Waals surface area (Å²) in [5.41, 5.74) is 8.20. The van der Waals surface area contributed by atoms with E-state index < -0.39 is 0 Å². The Morgan fingerprint density at radius 1 is 1.37 bits per heavy atom. The molecule has 106 valence electrons. The quantitative estimate of drug-likeness (QED) is 0.858. The number of nitrogens with two attached hydrogens (primary N) is 1. The van der Waals surface area contributed by atoms with Crippen LogP contribution in [0.15, 0.2) is 18.2 Å². The maximum Gasteiger partial charge on any atom is 0.125 e. The zero-order valence-electron chi connectivity index (χ0n) is 12.0. The zero-order chi connectivity index (χ0) is 13.9. The number of benzene rings is 1. The molecule has 0 bridgehead atoms. The molecule has 19 heavy (non-hydrogen) atoms. The van der Waals surface area contributed by atoms with E-state index >= 15 is 0 Å². The van der Waals surface area contributed by atoms with E-state index in [0.29, 0.717) is 12.5 Å². The van der Waals surface area contributed by atoms with E-state index in [1.807, 2.05) is 6.07 Å². The fraction of sp³-hybridized carbons (Fsp3) is 0.625. The summed E-state index contributed by atoms with van der Waals surface area (Å²) in [7, 11) is 0. The highest BCUT2D eigenvalue weighted by molar-refractivity contribution is 5.39. The number of ether oxygens (including phenoxy) is 1. The van der Waals surface area contributed by atoms with Gasteiger partial charge in [-0.15, -0.1) is 0 Å². The number of hydrogen-bond donors (Lipinski definition) is 2. The van der Waals surface area contributed by atoms with Gasteiger partial charge in [0, 0.05) is 5.54 Å². The van der Waals surface area contributed by atoms with Crippen LogP contribution < -0.4 is 10.5 Å². The smallest absolute Gasteiger partial charge is 0.125 e. The second-order valence-corrected chi connectivity index (χ2v) is 5.84. The maximum atomic E-state index is 9.43. The molecule has 0 aliphatic heterocycles. The first-order valence-electron chi connectivity index (χ1n) is 7.15. The molecular formula is C16H25NO2. The summed E-state index contributed by atoms with van der Waals surface area (Å²) in [4.78, 5) is 0. The minimum absolute atomic E-state index is 0.0844. The molecular weight excluding hydrogens is 238 g/mol. The van der Waals surface area contributed by atoms with Gasteiger partial charge in [-0.2, -0.15) is 0 Å². The van der Waals surface area contributed by atoms with Crippen molar-refractivity contribution in [2.45, 2.75) is 45.1 Å². The third-order valence-corrected chi connectivity index (χ3v) is 4.42. The topological polar surface area (TPSA) is 55.5 Å². The van der Waals surface area contributed by atoms with Gasteiger partial charge in [0.05, 0.1) is 13.2 Å². The minimum Gasteiger partial charge on any atom is -0.493 e. The molecule has 0 saturated heterocycles. The van der Waals surface area contributed by atoms with Crippen LogP contribution in [0.1, 0.15) is 36.8 Å². The van der Waals surface area contributed by atoms with Gasteiger partial charge in [-0.1, -0.05) is 24.6 Å². The lowest BCUT2D eigenvalue weighted by Gasteiger charge is -2.29. The van der Waals surface area contributed by atoms with Crippen LogP contribution in [0.25, 0.3) is 0 Å². The van der Waals surface area contributed by atoms with Gasteiger partial charge in [0.15, 0.2) is 0 Å². The molecule has 1 fully saturated rings. The average Bonchev–Trinajstić information content (AvgIpc) is 2.75. The Hall–Kier alpha value is -1.06. The second kappa shape index (κ2) is 5.93. The van der Waals surface area contributed by atoms with Crippen molar-refractivity contribution >= 4 is 0 Å². The summed E-state index contributed by atoms with van der Waals surface area (Å²) in [5, 5.41) is 9.43. The maximum absolute atomic E-state index is 9.43. The Kier molecular flexibility index (Phi) is 4.48. The molecule has 0 radical (unpaired) electrons. The molecule has 2 unspecified atom stereocenters. The molecule has 3 N–H and O–H groups in total. The SMILES string of the molecule is Cc1cccc(C)c1OCCC1CCCC1(N)CO. The lowest BCUT2D eigenvalue weighted by Crippen LogP contribution is -2.47. The number of aryl methyl sites for hydroxylation is 2. The Morgan fingerprint density at radius 2 is 2.05 bits per heavy atom. The molecule has 2 atom stereocenters. The van der Waals surface area contributed by atoms with Crippen LogP contribution >= 0.6 is 0 Å². The molecule has 0 heterocycles. The van der Waals surface area contributed by atoms with E-state index in [1.54, 1.807) is 0 Å². The van der Waals surface area contributed by atoms with Crippen molar-refractivity contribution in [1.29, 1.82) is 0 Å². The summed E-state index contributed by atoms with van der Waals surface area (Å²) >= 11 is 0. The van der Waals surface area contributed by atoms with E-state index in [-0.39, 0.29) is 12.1 Å². The number of hydrogen-bond acceptors (Lipinski definition) is 3. The normalized spacial score (nSPS) is 26.6. The molecule has 1 aromatic carbocycles. The van der Waals surface area contributed by atoms with Crippen LogP contribution in [0.4, 0.5) is 0 Å². The molecule has 1 saturated carbocycles. The van der Waals surface area contributed by atoms with Gasteiger partial charge in [-0.3, -0.25) is 0 Å². The van der Waals surface area contributed by atoms with Crippen LogP contribution in [0.2, 0.25) is 0 Å². The third kappa shape index (κ3) is 3.10. The lowest BCUT2D eigenvalue weighted by atomic mass is 9.87. The summed E-state index contributed by atoms with van der Waals surface area (Å²) < 4.78 is 5.93. The van der Waals surface area contributed by atoms with Gasteiger partial charge in [-0.25, -0.2) is 0 Å². The zero-order valence-corrected chi connectivity index (χ0v) is 12.0. The van der Waals surface area contributed by atoms with Gasteiger partial charge in [0.1, 0.15) is 5.75 Å². The van der Waals surface area contributed by atoms with E-state index in [0.717, 1.165) is 31.4 Å². The molecule has 2 rings (SSSR count). The molecule has 1 aromatic rings. The molecule has 3 heteroatoms. The van der Waals surface area contributed by atoms with E-state index in [4.69, 9.17) is 10.5 Å². The summed E-state index contributed by atoms with van der Waals surface area (Å²) in [6.45, 7) is 4.90. The standard InChI is InChI=1S/C16H25NO2/c1-12-5-3-6-13(2)15(12)19-10-8-14-7-4-9-16(14,17)11-18/h3,5-6,14,18H,4,7-11,17H2,1-2H3. The van der Waals surface area contributed by atoms with Gasteiger partial charge < -0.3 is 15.6 Å². The van der Waals surface area contributed by atoms with Gasteiger partial charge in [0.2, 0.25) is 0 Å². The molecule has 0 aromatic heterocycles. The molecule has 3 nitrogen and oxygen atoms in total. The number of rotatable bonds is 5. The highest BCUT2D eigenvalue weighted by Crippen LogP contribution is 2.36. The molecule has 0 spiro atoms. The lowest BCUT2D eigenvalue weighted by molar-refractivity contribution is 0.143. The Labute approximate surface area is 115 Å². The van der Waals surface area contributed by atoms with Crippen molar-refractivity contribution in [3.8, 4) is 5.75 Å². The predicted octanol–water partition coefficient (Wildman–Crippen LogP) is 2.56. The molecule has 1 aliphatic rings. The summed E-state index contributed by atoms with van der Waals surface area (Å²) in [6, 6.07) is 6.18. The fourth-order valence-electron chi connectivity index (χ4n) is 3.14. The van der Waals surface area contributed by atoms with E-state index in [9.17, 15) is 5.11 Å². The second-order valence-electron chi connectivity index (χ2n) is 5.84. The molecule has 1 aliphatic carbocycles. The number of aliphatic hydroxyl groups is 1. The van der Waals surface area contributed by atoms with Crippen molar-refractivity contribution in [1.82, 2.24) is 0 Å². The van der Waals surface area contributed by atoms with Gasteiger partial charge in [-0.05, 0) is 50.2 Å². The predicted molar refractivity (Wildman–Crippen MR) is 77.4 cm³/mol. The Bertz CT molecular complexity index is 413. The number of aliphatic hydroxyl groups excluding tert-OH is 1. The van der Waals surface area contributed by atoms with Crippen LogP contribution in [0.5, 0.6) is 5.75 Å². The Morgan fingerprint density at radius 3 is 2.68 bits per heavy atom. The third-order valence-electron chi connectivity index (χ3n) is 4.42. The van der Waals surface area contributed by atoms with Gasteiger partial charge in [0.25, 0.3) is 0 Å². The van der Waals surface area contributed by atoms with Crippen LogP contribution in [0, 0.1) is 19.8 Å². The van der Waals surface area contributed by atoms with Crippen LogP contribution in [-0.4, -0.2) is 23.9 Å². The first kappa shape index (κ1) is 14.4. The highest BCUT2D eigenvalue weighted by Gasteiger charge is 2.38. The Balaban J connectivity index is 1.90. The summed E-state index contributed by atoms with van der Waals surface area (Å²) in [6.07, 6.45) is 4.07. The van der Waals surface area contributed by atoms with Crippen molar-refractivity contribution in [2.24, 2.45) is 11.7 Å². The minimum atomic E-state index is -0.385. The van der Waals surface area contributed by atoms with Crippen molar-refractivity contribution in [3.63, 3.8) is 0 Å². The first-order chi connectivity index (χ1) is 9.07. The summed E-state index contributed by atoms with van der Waals surface area (Å²) in [5.74, 6) is 1.37. The van der Waals surface area contributed by atoms with E-state index in [1.165, 1.54) is 11.1 Å². The van der Waals surface area contributed by atoms with E-state index in [2.05, 4.69) is 26.0 Å². The van der Waals surface area contributed by atoms with Crippen molar-refractivity contribution in [3.05, 3.63) is 29.3 Å². The largest absolute Gasteiger partial charge is 0.493 e. The van der Waals surface area contributed by atoms with Crippen molar-refractivity contribution in [2.75, 3.05) is 13.2 Å². The van der Waals surface area contributed by atoms with Gasteiger partial charge >= 0.3 is 0 Å². The first-order valence-corrected chi connectivity index (χ1v) is 7.15. The molecule has 0 amide bonds. The highest BCUT2D eigenvalue weighted by atomic mass is 16.5. The fourth-order valence-corrected chi connectivity index (χ4v) is 3.14. The van der Waals surface area contributed by atoms with Crippen LogP contribution in [-0.2, 0) is 0 Å². The number of para-hydroxylation sites is 1. The average molecular weight is 263 g/mol. The van der Waals surface area contributed by atoms with Crippen molar-refractivity contribution < 1.29 is 9.84 Å². The monoisotopic (exact) mass is 263 g/mol. The van der Waals surface area contributed by atoms with Crippen LogP contribution in [0.3, 0.4) is 0 Å².